The van der Waals surface area contributed by atoms with Gasteiger partial charge in [0.25, 0.3) is 0 Å². The summed E-state index contributed by atoms with van der Waals surface area (Å²) in [5.41, 5.74) is -0.194. The number of hydrogen-bond acceptors (Lipinski definition) is 13. The summed E-state index contributed by atoms with van der Waals surface area (Å²) in [6, 6.07) is 11.2. The second-order valence-corrected chi connectivity index (χ2v) is 12.7. The number of esters is 4. The monoisotopic (exact) mass is 679 g/mol. The number of methoxy groups -OCH3 is 1. The summed E-state index contributed by atoms with van der Waals surface area (Å²) in [5, 5.41) is 21.6. The highest BCUT2D eigenvalue weighted by molar-refractivity contribution is 5.88. The molecule has 1 fully saturated rings. The summed E-state index contributed by atoms with van der Waals surface area (Å²) < 4.78 is 33.4. The lowest BCUT2D eigenvalue weighted by Gasteiger charge is -2.61. The molecule has 1 spiro atoms. The van der Waals surface area contributed by atoms with Crippen molar-refractivity contribution >= 4 is 29.8 Å². The van der Waals surface area contributed by atoms with Gasteiger partial charge in [-0.15, -0.1) is 0 Å². The van der Waals surface area contributed by atoms with Gasteiger partial charge in [-0.05, 0) is 51.1 Å². The zero-order valence-corrected chi connectivity index (χ0v) is 27.4. The Hall–Kier alpha value is -4.95. The van der Waals surface area contributed by atoms with E-state index in [4.69, 9.17) is 28.4 Å². The second kappa shape index (κ2) is 12.8. The average molecular weight is 680 g/mol. The maximum atomic E-state index is 13.5. The van der Waals surface area contributed by atoms with Gasteiger partial charge in [-0.25, -0.2) is 14.4 Å². The van der Waals surface area contributed by atoms with Crippen LogP contribution in [-0.4, -0.2) is 95.6 Å². The highest BCUT2D eigenvalue weighted by Crippen LogP contribution is 2.65. The van der Waals surface area contributed by atoms with Crippen molar-refractivity contribution in [2.24, 2.45) is 0 Å². The summed E-state index contributed by atoms with van der Waals surface area (Å²) in [5.74, 6) is -4.67. The van der Waals surface area contributed by atoms with Crippen LogP contribution in [0.3, 0.4) is 0 Å². The van der Waals surface area contributed by atoms with Gasteiger partial charge in [0, 0.05) is 30.5 Å². The minimum absolute atomic E-state index is 0.132. The number of likely N-dealkylation sites (tertiary alicyclic amines) is 1. The number of carboxylic acids is 1. The Morgan fingerprint density at radius 3 is 2.45 bits per heavy atom. The fraction of sp³-hybridized carbons (Fsp3) is 0.457. The van der Waals surface area contributed by atoms with E-state index in [2.05, 4.69) is 4.90 Å². The van der Waals surface area contributed by atoms with Crippen LogP contribution >= 0.6 is 0 Å². The van der Waals surface area contributed by atoms with Crippen LogP contribution in [0.2, 0.25) is 0 Å². The average Bonchev–Trinajstić information content (AvgIpc) is 3.42. The summed E-state index contributed by atoms with van der Waals surface area (Å²) in [6.45, 7) is 2.81. The molecule has 7 atom stereocenters. The first-order chi connectivity index (χ1) is 23.3. The number of benzene rings is 2. The Balaban J connectivity index is 1.24. The first-order valence-electron chi connectivity index (χ1n) is 15.9. The number of aliphatic hydroxyl groups is 1. The van der Waals surface area contributed by atoms with Crippen molar-refractivity contribution in [3.8, 4) is 11.5 Å². The van der Waals surface area contributed by atoms with E-state index >= 15 is 0 Å². The van der Waals surface area contributed by atoms with Crippen molar-refractivity contribution < 1.29 is 62.6 Å². The summed E-state index contributed by atoms with van der Waals surface area (Å²) >= 11 is 0. The van der Waals surface area contributed by atoms with Crippen molar-refractivity contribution in [3.63, 3.8) is 0 Å². The Labute approximate surface area is 281 Å². The highest BCUT2D eigenvalue weighted by Gasteiger charge is 2.72. The fourth-order valence-electron chi connectivity index (χ4n) is 7.64. The Morgan fingerprint density at radius 2 is 1.78 bits per heavy atom. The first kappa shape index (κ1) is 33.9. The van der Waals surface area contributed by atoms with Gasteiger partial charge in [-0.3, -0.25) is 9.59 Å². The van der Waals surface area contributed by atoms with E-state index in [1.807, 2.05) is 19.2 Å². The largest absolute Gasteiger partial charge is 0.493 e. The molecule has 2 aliphatic heterocycles. The normalized spacial score (nSPS) is 26.4. The van der Waals surface area contributed by atoms with Crippen LogP contribution in [0.15, 0.2) is 54.3 Å². The number of carboxylic acid groups (broad SMARTS) is 1. The van der Waals surface area contributed by atoms with Gasteiger partial charge in [0.2, 0.25) is 12.2 Å². The van der Waals surface area contributed by atoms with E-state index in [0.717, 1.165) is 25.0 Å². The number of rotatable bonds is 11. The number of ether oxygens (including phenoxy) is 6. The van der Waals surface area contributed by atoms with Crippen molar-refractivity contribution in [1.29, 1.82) is 0 Å². The smallest absolute Gasteiger partial charge is 0.353 e. The highest BCUT2D eigenvalue weighted by atomic mass is 16.6. The quantitative estimate of drug-likeness (QED) is 0.260. The molecule has 0 aromatic heterocycles. The van der Waals surface area contributed by atoms with Gasteiger partial charge in [0.15, 0.2) is 23.7 Å². The van der Waals surface area contributed by atoms with Crippen molar-refractivity contribution in [3.05, 3.63) is 71.0 Å². The molecule has 0 amide bonds. The molecule has 1 saturated heterocycles. The lowest BCUT2D eigenvalue weighted by Crippen LogP contribution is -2.74. The van der Waals surface area contributed by atoms with Crippen LogP contribution in [0.5, 0.6) is 11.5 Å². The van der Waals surface area contributed by atoms with Gasteiger partial charge in [0.1, 0.15) is 5.76 Å². The SMILES string of the molecule is COc1ccc2c3c1O[C@@H]1C(OC(=O)C[C@H](OC(C)=O)C(=O)O[C@H](C(=O)O[C@@H](C)C(=O)O)c4ccccc4)=CC[C@]4(O)[C@H](C2)N(C)CC[C@@]314. The third-order valence-electron chi connectivity index (χ3n) is 9.90. The molecule has 6 rings (SSSR count). The first-order valence-corrected chi connectivity index (χ1v) is 15.9. The number of likely N-dealkylation sites (N-methyl/N-ethyl adjacent to an activating group) is 1. The van der Waals surface area contributed by atoms with E-state index in [-0.39, 0.29) is 23.8 Å². The molecule has 2 heterocycles. The van der Waals surface area contributed by atoms with Gasteiger partial charge < -0.3 is 43.5 Å². The van der Waals surface area contributed by atoms with Gasteiger partial charge in [-0.1, -0.05) is 36.4 Å². The van der Waals surface area contributed by atoms with Crippen LogP contribution in [-0.2, 0) is 54.8 Å². The standard InChI is InChI=1S/C35H37NO13/c1-18(31(39)40)45-33(42)28(20-8-6-5-7-9-20)49-32(41)24(46-19(2)37)17-26(38)47-23-12-13-35(43)25-16-21-10-11-22(44-4)29-27(21)34(35,30(23)48-29)14-15-36(25)3/h5-12,18,24-25,28,30,43H,13-17H2,1-4H3,(H,39,40)/t18-,24-,25-,28-,30+,34+,35-/m0/s1. The molecule has 49 heavy (non-hydrogen) atoms. The van der Waals surface area contributed by atoms with E-state index in [1.165, 1.54) is 19.2 Å². The lowest BCUT2D eigenvalue weighted by atomic mass is 9.50. The van der Waals surface area contributed by atoms with Crippen LogP contribution in [0, 0.1) is 0 Å². The predicted molar refractivity (Wildman–Crippen MR) is 166 cm³/mol. The molecule has 2 aromatic rings. The molecule has 2 bridgehead atoms. The van der Waals surface area contributed by atoms with E-state index in [9.17, 15) is 34.2 Å². The topological polar surface area (TPSA) is 184 Å². The Bertz CT molecular complexity index is 1720. The summed E-state index contributed by atoms with van der Waals surface area (Å²) in [7, 11) is 3.49. The Kier molecular flexibility index (Phi) is 8.88. The summed E-state index contributed by atoms with van der Waals surface area (Å²) in [6.07, 6.45) is -3.95. The van der Waals surface area contributed by atoms with Gasteiger partial charge >= 0.3 is 29.8 Å². The van der Waals surface area contributed by atoms with Crippen LogP contribution in [0.4, 0.5) is 0 Å². The molecule has 260 valence electrons. The number of carbonyl (C=O) groups excluding carboxylic acids is 4. The third kappa shape index (κ3) is 5.68. The number of carbonyl (C=O) groups is 5. The molecule has 14 heteroatoms. The number of aliphatic carboxylic acids is 1. The molecule has 0 radical (unpaired) electrons. The zero-order valence-electron chi connectivity index (χ0n) is 27.4. The zero-order chi connectivity index (χ0) is 35.2. The fourth-order valence-corrected chi connectivity index (χ4v) is 7.64. The molecular formula is C35H37NO13. The molecule has 0 unspecified atom stereocenters. The molecular weight excluding hydrogens is 642 g/mol. The molecule has 2 aliphatic carbocycles. The second-order valence-electron chi connectivity index (χ2n) is 12.7. The van der Waals surface area contributed by atoms with E-state index in [1.54, 1.807) is 24.3 Å². The summed E-state index contributed by atoms with van der Waals surface area (Å²) in [4.78, 5) is 65.3. The van der Waals surface area contributed by atoms with Crippen LogP contribution in [0.1, 0.15) is 55.9 Å². The van der Waals surface area contributed by atoms with E-state index in [0.29, 0.717) is 30.9 Å². The van der Waals surface area contributed by atoms with Gasteiger partial charge in [-0.2, -0.15) is 0 Å². The minimum atomic E-state index is -1.84. The van der Waals surface area contributed by atoms with Crippen molar-refractivity contribution in [1.82, 2.24) is 4.90 Å². The van der Waals surface area contributed by atoms with Crippen molar-refractivity contribution in [2.45, 2.75) is 81.0 Å². The minimum Gasteiger partial charge on any atom is -0.493 e. The molecule has 4 aliphatic rings. The van der Waals surface area contributed by atoms with Crippen molar-refractivity contribution in [2.75, 3.05) is 20.7 Å². The Morgan fingerprint density at radius 1 is 1.04 bits per heavy atom. The number of piperidine rings is 1. The maximum absolute atomic E-state index is 13.5. The van der Waals surface area contributed by atoms with Crippen LogP contribution < -0.4 is 9.47 Å². The number of nitrogens with zero attached hydrogens (tertiary/aromatic N) is 1. The van der Waals surface area contributed by atoms with Crippen LogP contribution in [0.25, 0.3) is 0 Å². The molecule has 2 aromatic carbocycles. The molecule has 2 N–H and O–H groups in total. The lowest BCUT2D eigenvalue weighted by molar-refractivity contribution is -0.184. The molecule has 0 saturated carbocycles. The molecule has 14 nitrogen and oxygen atoms in total. The third-order valence-corrected chi connectivity index (χ3v) is 9.90. The van der Waals surface area contributed by atoms with Gasteiger partial charge in [0.05, 0.1) is 24.5 Å². The maximum Gasteiger partial charge on any atom is 0.353 e. The predicted octanol–water partition coefficient (Wildman–Crippen LogP) is 2.14. The van der Waals surface area contributed by atoms with E-state index < -0.39 is 71.7 Å². The number of hydrogen-bond donors (Lipinski definition) is 2.